The van der Waals surface area contributed by atoms with Gasteiger partial charge < -0.3 is 4.90 Å². The zero-order valence-corrected chi connectivity index (χ0v) is 13.7. The average Bonchev–Trinajstić information content (AvgIpc) is 3.06. The lowest BCUT2D eigenvalue weighted by Crippen LogP contribution is -2.38. The third-order valence-electron chi connectivity index (χ3n) is 3.08. The van der Waals surface area contributed by atoms with Gasteiger partial charge in [0, 0.05) is 26.0 Å². The van der Waals surface area contributed by atoms with Gasteiger partial charge in [0.1, 0.15) is 4.21 Å². The molecule has 0 aromatic carbocycles. The van der Waals surface area contributed by atoms with Crippen LogP contribution in [0.25, 0.3) is 0 Å². The third kappa shape index (κ3) is 4.62. The largest absolute Gasteiger partial charge is 0.344 e. The summed E-state index contributed by atoms with van der Waals surface area (Å²) in [5.74, 6) is -0.269. The Balaban J connectivity index is 1.82. The smallest absolute Gasteiger partial charge is 0.250 e. The van der Waals surface area contributed by atoms with E-state index in [1.165, 1.54) is 11.0 Å². The first-order valence-corrected chi connectivity index (χ1v) is 9.01. The van der Waals surface area contributed by atoms with Crippen LogP contribution >= 0.6 is 11.3 Å². The molecule has 2 heterocycles. The van der Waals surface area contributed by atoms with Crippen LogP contribution in [0.15, 0.2) is 46.2 Å². The highest BCUT2D eigenvalue weighted by atomic mass is 32.2. The SMILES string of the molecule is CN(CCc1ccncc1)C(=O)CNS(=O)(=O)c1cccs1. The molecule has 0 saturated carbocycles. The summed E-state index contributed by atoms with van der Waals surface area (Å²) >= 11 is 1.12. The van der Waals surface area contributed by atoms with E-state index in [9.17, 15) is 13.2 Å². The van der Waals surface area contributed by atoms with Gasteiger partial charge in [-0.25, -0.2) is 13.1 Å². The fraction of sp³-hybridized carbons (Fsp3) is 0.286. The molecule has 0 radical (unpaired) electrons. The average molecular weight is 339 g/mol. The van der Waals surface area contributed by atoms with E-state index in [2.05, 4.69) is 9.71 Å². The van der Waals surface area contributed by atoms with E-state index in [1.54, 1.807) is 30.9 Å². The number of nitrogens with zero attached hydrogens (tertiary/aromatic N) is 2. The summed E-state index contributed by atoms with van der Waals surface area (Å²) in [5.41, 5.74) is 1.08. The molecule has 0 aliphatic heterocycles. The summed E-state index contributed by atoms with van der Waals surface area (Å²) < 4.78 is 26.4. The van der Waals surface area contributed by atoms with E-state index in [0.29, 0.717) is 13.0 Å². The maximum Gasteiger partial charge on any atom is 0.250 e. The molecule has 118 valence electrons. The van der Waals surface area contributed by atoms with Crippen LogP contribution in [-0.2, 0) is 21.2 Å². The van der Waals surface area contributed by atoms with E-state index < -0.39 is 10.0 Å². The molecule has 0 aliphatic carbocycles. The summed E-state index contributed by atoms with van der Waals surface area (Å²) in [4.78, 5) is 17.4. The van der Waals surface area contributed by atoms with Crippen LogP contribution in [0.5, 0.6) is 0 Å². The monoisotopic (exact) mass is 339 g/mol. The Hall–Kier alpha value is -1.77. The van der Waals surface area contributed by atoms with Crippen LogP contribution in [0.1, 0.15) is 5.56 Å². The maximum atomic E-state index is 12.0. The van der Waals surface area contributed by atoms with Crippen molar-refractivity contribution in [2.45, 2.75) is 10.6 Å². The molecule has 6 nitrogen and oxygen atoms in total. The minimum Gasteiger partial charge on any atom is -0.344 e. The molecular formula is C14H17N3O3S2. The first-order valence-electron chi connectivity index (χ1n) is 6.65. The predicted octanol–water partition coefficient (Wildman–Crippen LogP) is 1.12. The molecule has 0 saturated heterocycles. The Bertz CT molecular complexity index is 700. The molecule has 0 atom stereocenters. The quantitative estimate of drug-likeness (QED) is 0.820. The highest BCUT2D eigenvalue weighted by molar-refractivity contribution is 7.91. The van der Waals surface area contributed by atoms with Gasteiger partial charge in [0.2, 0.25) is 5.91 Å². The van der Waals surface area contributed by atoms with Crippen LogP contribution in [0, 0.1) is 0 Å². The number of hydrogen-bond donors (Lipinski definition) is 1. The number of pyridine rings is 1. The van der Waals surface area contributed by atoms with E-state index in [1.807, 2.05) is 12.1 Å². The van der Waals surface area contributed by atoms with E-state index in [0.717, 1.165) is 16.9 Å². The molecular weight excluding hydrogens is 322 g/mol. The molecule has 1 amide bonds. The number of thiophene rings is 1. The van der Waals surface area contributed by atoms with Gasteiger partial charge in [0.25, 0.3) is 10.0 Å². The molecule has 0 bridgehead atoms. The van der Waals surface area contributed by atoms with Gasteiger partial charge in [-0.2, -0.15) is 0 Å². The lowest BCUT2D eigenvalue weighted by Gasteiger charge is -2.17. The number of sulfonamides is 1. The Labute approximate surface area is 133 Å². The molecule has 8 heteroatoms. The number of nitrogens with one attached hydrogen (secondary N) is 1. The van der Waals surface area contributed by atoms with Crippen LogP contribution < -0.4 is 4.72 Å². The number of likely N-dealkylation sites (N-methyl/N-ethyl adjacent to an activating group) is 1. The summed E-state index contributed by atoms with van der Waals surface area (Å²) in [6, 6.07) is 6.93. The van der Waals surface area contributed by atoms with Crippen molar-refractivity contribution in [1.82, 2.24) is 14.6 Å². The maximum absolute atomic E-state index is 12.0. The lowest BCUT2D eigenvalue weighted by atomic mass is 10.2. The molecule has 2 rings (SSSR count). The second-order valence-corrected chi connectivity index (χ2v) is 7.62. The van der Waals surface area contributed by atoms with Crippen molar-refractivity contribution in [1.29, 1.82) is 0 Å². The highest BCUT2D eigenvalue weighted by Crippen LogP contribution is 2.14. The van der Waals surface area contributed by atoms with Crippen molar-refractivity contribution in [3.8, 4) is 0 Å². The minimum absolute atomic E-state index is 0.208. The minimum atomic E-state index is -3.60. The molecule has 22 heavy (non-hydrogen) atoms. The standard InChI is InChI=1S/C14H17N3O3S2/c1-17(9-6-12-4-7-15-8-5-12)13(18)11-16-22(19,20)14-3-2-10-21-14/h2-5,7-8,10,16H,6,9,11H2,1H3. The highest BCUT2D eigenvalue weighted by Gasteiger charge is 2.17. The number of carbonyl (C=O) groups excluding carboxylic acids is 1. The second-order valence-electron chi connectivity index (χ2n) is 4.68. The van der Waals surface area contributed by atoms with Gasteiger partial charge in [-0.1, -0.05) is 6.07 Å². The van der Waals surface area contributed by atoms with E-state index >= 15 is 0 Å². The van der Waals surface area contributed by atoms with Crippen molar-refractivity contribution in [3.63, 3.8) is 0 Å². The number of aromatic nitrogens is 1. The number of hydrogen-bond acceptors (Lipinski definition) is 5. The van der Waals surface area contributed by atoms with E-state index in [4.69, 9.17) is 0 Å². The molecule has 2 aromatic rings. The molecule has 0 spiro atoms. The number of carbonyl (C=O) groups is 1. The lowest BCUT2D eigenvalue weighted by molar-refractivity contribution is -0.128. The first kappa shape index (κ1) is 16.6. The Morgan fingerprint density at radius 2 is 2.05 bits per heavy atom. The van der Waals surface area contributed by atoms with Gasteiger partial charge in [0.05, 0.1) is 6.54 Å². The third-order valence-corrected chi connectivity index (χ3v) is 5.88. The molecule has 0 unspecified atom stereocenters. The van der Waals surface area contributed by atoms with Crippen LogP contribution in [0.3, 0.4) is 0 Å². The van der Waals surface area contributed by atoms with Crippen molar-refractivity contribution in [3.05, 3.63) is 47.6 Å². The molecule has 2 aromatic heterocycles. The van der Waals surface area contributed by atoms with Crippen molar-refractivity contribution in [2.75, 3.05) is 20.1 Å². The Kier molecular flexibility index (Phi) is 5.64. The second kappa shape index (κ2) is 7.48. The Morgan fingerprint density at radius 1 is 1.32 bits per heavy atom. The zero-order valence-electron chi connectivity index (χ0n) is 12.1. The molecule has 0 aliphatic rings. The summed E-state index contributed by atoms with van der Waals surface area (Å²) in [6.07, 6.45) is 4.10. The van der Waals surface area contributed by atoms with Gasteiger partial charge in [0.15, 0.2) is 0 Å². The van der Waals surface area contributed by atoms with Crippen LogP contribution in [-0.4, -0.2) is 44.3 Å². The summed E-state index contributed by atoms with van der Waals surface area (Å²) in [7, 11) is -1.94. The van der Waals surface area contributed by atoms with Gasteiger partial charge in [-0.05, 0) is 35.6 Å². The van der Waals surface area contributed by atoms with Crippen molar-refractivity contribution < 1.29 is 13.2 Å². The van der Waals surface area contributed by atoms with Gasteiger partial charge in [-0.3, -0.25) is 9.78 Å². The predicted molar refractivity (Wildman–Crippen MR) is 85.1 cm³/mol. The van der Waals surface area contributed by atoms with E-state index in [-0.39, 0.29) is 16.7 Å². The zero-order chi connectivity index (χ0) is 16.0. The van der Waals surface area contributed by atoms with Crippen molar-refractivity contribution >= 4 is 27.3 Å². The number of rotatable bonds is 7. The van der Waals surface area contributed by atoms with Crippen LogP contribution in [0.2, 0.25) is 0 Å². The fourth-order valence-corrected chi connectivity index (χ4v) is 3.76. The van der Waals surface area contributed by atoms with Gasteiger partial charge >= 0.3 is 0 Å². The van der Waals surface area contributed by atoms with Crippen LogP contribution in [0.4, 0.5) is 0 Å². The summed E-state index contributed by atoms with van der Waals surface area (Å²) in [6.45, 7) is 0.274. The Morgan fingerprint density at radius 3 is 2.68 bits per heavy atom. The normalized spacial score (nSPS) is 11.3. The van der Waals surface area contributed by atoms with Crippen molar-refractivity contribution in [2.24, 2.45) is 0 Å². The summed E-state index contributed by atoms with van der Waals surface area (Å²) in [5, 5.41) is 1.68. The van der Waals surface area contributed by atoms with Gasteiger partial charge in [-0.15, -0.1) is 11.3 Å². The molecule has 0 fully saturated rings. The number of amides is 1. The fourth-order valence-electron chi connectivity index (χ4n) is 1.75. The molecule has 1 N–H and O–H groups in total. The first-order chi connectivity index (χ1) is 10.5. The topological polar surface area (TPSA) is 79.4 Å².